The summed E-state index contributed by atoms with van der Waals surface area (Å²) in [6.07, 6.45) is 2.26. The van der Waals surface area contributed by atoms with Gasteiger partial charge in [-0.25, -0.2) is 4.98 Å². The van der Waals surface area contributed by atoms with Gasteiger partial charge in [0.25, 0.3) is 0 Å². The van der Waals surface area contributed by atoms with Crippen molar-refractivity contribution in [1.29, 1.82) is 0 Å². The van der Waals surface area contributed by atoms with Crippen molar-refractivity contribution in [2.45, 2.75) is 33.3 Å². The van der Waals surface area contributed by atoms with Crippen LogP contribution in [0.2, 0.25) is 0 Å². The predicted octanol–water partition coefficient (Wildman–Crippen LogP) is 3.36. The van der Waals surface area contributed by atoms with Crippen LogP contribution in [-0.4, -0.2) is 11.6 Å². The first kappa shape index (κ1) is 12.9. The molecule has 18 heavy (non-hydrogen) atoms. The largest absolute Gasteiger partial charge is 0.438 e. The Kier molecular flexibility index (Phi) is 4.20. The summed E-state index contributed by atoms with van der Waals surface area (Å²) in [7, 11) is 0. The molecular weight excluding hydrogens is 228 g/mol. The minimum absolute atomic E-state index is 0.423. The van der Waals surface area contributed by atoms with E-state index in [-0.39, 0.29) is 0 Å². The molecule has 1 aromatic carbocycles. The van der Waals surface area contributed by atoms with Gasteiger partial charge in [0.2, 0.25) is 5.89 Å². The Bertz CT molecular complexity index is 505. The number of nitrogen functional groups attached to an aromatic ring is 1. The number of nitrogens with zero attached hydrogens (tertiary/aromatic N) is 1. The van der Waals surface area contributed by atoms with Crippen molar-refractivity contribution >= 4 is 16.8 Å². The smallest absolute Gasteiger partial charge is 0.221 e. The highest BCUT2D eigenvalue weighted by molar-refractivity contribution is 5.76. The number of anilines is 1. The molecule has 0 aliphatic carbocycles. The van der Waals surface area contributed by atoms with E-state index in [9.17, 15) is 0 Å². The summed E-state index contributed by atoms with van der Waals surface area (Å²) < 4.78 is 11.1. The molecule has 2 N–H and O–H groups in total. The van der Waals surface area contributed by atoms with E-state index in [1.807, 2.05) is 6.07 Å². The van der Waals surface area contributed by atoms with Crippen molar-refractivity contribution in [3.8, 4) is 0 Å². The van der Waals surface area contributed by atoms with Crippen molar-refractivity contribution in [2.24, 2.45) is 5.92 Å². The molecule has 0 spiro atoms. The Morgan fingerprint density at radius 3 is 3.00 bits per heavy atom. The third-order valence-corrected chi connectivity index (χ3v) is 2.75. The van der Waals surface area contributed by atoms with Crippen molar-refractivity contribution in [2.75, 3.05) is 12.3 Å². The van der Waals surface area contributed by atoms with E-state index < -0.39 is 0 Å². The van der Waals surface area contributed by atoms with Gasteiger partial charge in [-0.05, 0) is 37.0 Å². The highest BCUT2D eigenvalue weighted by Crippen LogP contribution is 2.18. The number of ether oxygens (including phenoxy) is 1. The van der Waals surface area contributed by atoms with Gasteiger partial charge >= 0.3 is 0 Å². The Morgan fingerprint density at radius 2 is 2.22 bits per heavy atom. The lowest BCUT2D eigenvalue weighted by Gasteiger charge is -2.03. The van der Waals surface area contributed by atoms with Crippen molar-refractivity contribution < 1.29 is 9.15 Å². The number of fused-ring (bicyclic) bond motifs is 1. The Morgan fingerprint density at radius 1 is 1.39 bits per heavy atom. The van der Waals surface area contributed by atoms with Gasteiger partial charge in [-0.3, -0.25) is 0 Å². The number of aromatic nitrogens is 1. The van der Waals surface area contributed by atoms with Crippen LogP contribution in [0, 0.1) is 5.92 Å². The highest BCUT2D eigenvalue weighted by Gasteiger charge is 2.05. The number of nitrogens with two attached hydrogens (primary N) is 1. The first-order chi connectivity index (χ1) is 8.65. The number of rotatable bonds is 6. The molecule has 98 valence electrons. The van der Waals surface area contributed by atoms with Gasteiger partial charge in [-0.1, -0.05) is 13.8 Å². The average Bonchev–Trinajstić information content (AvgIpc) is 2.70. The number of hydrogen-bond acceptors (Lipinski definition) is 4. The molecule has 0 atom stereocenters. The fraction of sp³-hybridized carbons (Fsp3) is 0.500. The summed E-state index contributed by atoms with van der Waals surface area (Å²) >= 11 is 0. The van der Waals surface area contributed by atoms with Gasteiger partial charge < -0.3 is 14.9 Å². The van der Waals surface area contributed by atoms with Crippen LogP contribution in [0.1, 0.15) is 32.6 Å². The summed E-state index contributed by atoms with van der Waals surface area (Å²) in [4.78, 5) is 4.33. The van der Waals surface area contributed by atoms with E-state index in [1.54, 1.807) is 12.1 Å². The molecule has 1 aromatic heterocycles. The van der Waals surface area contributed by atoms with E-state index in [1.165, 1.54) is 6.42 Å². The molecule has 0 fully saturated rings. The van der Waals surface area contributed by atoms with Crippen LogP contribution in [0.4, 0.5) is 5.69 Å². The van der Waals surface area contributed by atoms with Crippen LogP contribution in [0.15, 0.2) is 22.6 Å². The quantitative estimate of drug-likeness (QED) is 0.629. The SMILES string of the molecule is CC(C)CCCOCc1nc2cc(N)ccc2o1. The van der Waals surface area contributed by atoms with Gasteiger partial charge in [0, 0.05) is 12.3 Å². The second kappa shape index (κ2) is 5.87. The molecule has 0 radical (unpaired) electrons. The second-order valence-corrected chi connectivity index (χ2v) is 4.92. The number of oxazole rings is 1. The van der Waals surface area contributed by atoms with Crippen LogP contribution >= 0.6 is 0 Å². The molecule has 2 rings (SSSR count). The highest BCUT2D eigenvalue weighted by atomic mass is 16.5. The minimum atomic E-state index is 0.423. The van der Waals surface area contributed by atoms with Gasteiger partial charge in [-0.2, -0.15) is 0 Å². The van der Waals surface area contributed by atoms with E-state index in [0.29, 0.717) is 18.2 Å². The van der Waals surface area contributed by atoms with Crippen LogP contribution in [0.5, 0.6) is 0 Å². The maximum absolute atomic E-state index is 5.69. The zero-order valence-electron chi connectivity index (χ0n) is 11.0. The molecule has 0 amide bonds. The topological polar surface area (TPSA) is 61.3 Å². The molecule has 0 aliphatic heterocycles. The van der Waals surface area contributed by atoms with E-state index in [2.05, 4.69) is 18.8 Å². The van der Waals surface area contributed by atoms with Gasteiger partial charge in [0.15, 0.2) is 5.58 Å². The Labute approximate surface area is 107 Å². The molecular formula is C14H20N2O2. The van der Waals surface area contributed by atoms with E-state index in [0.717, 1.165) is 30.0 Å². The van der Waals surface area contributed by atoms with Crippen LogP contribution < -0.4 is 5.73 Å². The normalized spacial score (nSPS) is 11.5. The van der Waals surface area contributed by atoms with Crippen LogP contribution in [0.25, 0.3) is 11.1 Å². The first-order valence-electron chi connectivity index (χ1n) is 6.38. The Hall–Kier alpha value is -1.55. The number of benzene rings is 1. The Balaban J connectivity index is 1.84. The summed E-state index contributed by atoms with van der Waals surface area (Å²) in [6, 6.07) is 5.45. The molecule has 4 heteroatoms. The monoisotopic (exact) mass is 248 g/mol. The molecule has 4 nitrogen and oxygen atoms in total. The van der Waals surface area contributed by atoms with Crippen LogP contribution in [0.3, 0.4) is 0 Å². The van der Waals surface area contributed by atoms with Gasteiger partial charge in [0.05, 0.1) is 0 Å². The fourth-order valence-corrected chi connectivity index (χ4v) is 1.81. The summed E-state index contributed by atoms with van der Waals surface area (Å²) in [5.74, 6) is 1.33. The van der Waals surface area contributed by atoms with E-state index >= 15 is 0 Å². The molecule has 0 unspecified atom stereocenters. The molecule has 0 aliphatic rings. The van der Waals surface area contributed by atoms with Gasteiger partial charge in [0.1, 0.15) is 12.1 Å². The van der Waals surface area contributed by atoms with Crippen molar-refractivity contribution in [3.63, 3.8) is 0 Å². The lowest BCUT2D eigenvalue weighted by molar-refractivity contribution is 0.0985. The fourth-order valence-electron chi connectivity index (χ4n) is 1.81. The van der Waals surface area contributed by atoms with Crippen LogP contribution in [-0.2, 0) is 11.3 Å². The van der Waals surface area contributed by atoms with E-state index in [4.69, 9.17) is 14.9 Å². The molecule has 1 heterocycles. The third-order valence-electron chi connectivity index (χ3n) is 2.75. The lowest BCUT2D eigenvalue weighted by Crippen LogP contribution is -1.97. The number of hydrogen-bond donors (Lipinski definition) is 1. The second-order valence-electron chi connectivity index (χ2n) is 4.92. The average molecular weight is 248 g/mol. The molecule has 0 saturated carbocycles. The third kappa shape index (κ3) is 3.47. The summed E-state index contributed by atoms with van der Waals surface area (Å²) in [5, 5.41) is 0. The maximum Gasteiger partial charge on any atom is 0.221 e. The molecule has 2 aromatic rings. The van der Waals surface area contributed by atoms with Crippen molar-refractivity contribution in [1.82, 2.24) is 4.98 Å². The minimum Gasteiger partial charge on any atom is -0.438 e. The predicted molar refractivity (Wildman–Crippen MR) is 72.1 cm³/mol. The maximum atomic E-state index is 5.69. The summed E-state index contributed by atoms with van der Waals surface area (Å²) in [6.45, 7) is 5.60. The summed E-state index contributed by atoms with van der Waals surface area (Å²) in [5.41, 5.74) is 7.93. The molecule has 0 saturated heterocycles. The zero-order chi connectivity index (χ0) is 13.0. The van der Waals surface area contributed by atoms with Crippen molar-refractivity contribution in [3.05, 3.63) is 24.1 Å². The lowest BCUT2D eigenvalue weighted by atomic mass is 10.1. The standard InChI is InChI=1S/C14H20N2O2/c1-10(2)4-3-7-17-9-14-16-12-8-11(15)5-6-13(12)18-14/h5-6,8,10H,3-4,7,9,15H2,1-2H3. The first-order valence-corrected chi connectivity index (χ1v) is 6.38. The van der Waals surface area contributed by atoms with Gasteiger partial charge in [-0.15, -0.1) is 0 Å². The zero-order valence-corrected chi connectivity index (χ0v) is 11.0. The molecule has 0 bridgehead atoms.